The van der Waals surface area contributed by atoms with Crippen LogP contribution in [0.15, 0.2) is 18.2 Å². The number of aliphatic hydroxyl groups is 1. The molecule has 0 heterocycles. The molecule has 0 aliphatic rings. The third kappa shape index (κ3) is 3.45. The highest BCUT2D eigenvalue weighted by atomic mass is 16.5. The summed E-state index contributed by atoms with van der Waals surface area (Å²) in [6, 6.07) is 4.98. The Kier molecular flexibility index (Phi) is 5.61. The van der Waals surface area contributed by atoms with E-state index in [0.29, 0.717) is 17.9 Å². The van der Waals surface area contributed by atoms with E-state index in [1.807, 2.05) is 0 Å². The summed E-state index contributed by atoms with van der Waals surface area (Å²) < 4.78 is 15.0. The Morgan fingerprint density at radius 3 is 2.67 bits per heavy atom. The highest BCUT2D eigenvalue weighted by Gasteiger charge is 2.19. The van der Waals surface area contributed by atoms with Crippen molar-refractivity contribution in [2.75, 3.05) is 20.8 Å². The van der Waals surface area contributed by atoms with Crippen LogP contribution < -0.4 is 4.74 Å². The number of rotatable bonds is 6. The molecule has 1 rings (SSSR count). The minimum absolute atomic E-state index is 0.233. The summed E-state index contributed by atoms with van der Waals surface area (Å²) in [6.07, 6.45) is -1.29. The second-order valence-corrected chi connectivity index (χ2v) is 3.66. The summed E-state index contributed by atoms with van der Waals surface area (Å²) in [6.45, 7) is 2.26. The second-order valence-electron chi connectivity index (χ2n) is 3.66. The van der Waals surface area contributed by atoms with Crippen LogP contribution in [-0.4, -0.2) is 31.9 Å². The van der Waals surface area contributed by atoms with Gasteiger partial charge < -0.3 is 19.3 Å². The van der Waals surface area contributed by atoms with Gasteiger partial charge in [-0.05, 0) is 24.6 Å². The van der Waals surface area contributed by atoms with Gasteiger partial charge in [-0.15, -0.1) is 0 Å². The average molecular weight is 254 g/mol. The monoisotopic (exact) mass is 254 g/mol. The first-order chi connectivity index (χ1) is 8.63. The number of esters is 1. The van der Waals surface area contributed by atoms with Crippen LogP contribution in [0.25, 0.3) is 0 Å². The SMILES string of the molecule is CCOC(=O)C(O)c1ccc(OC)c(COC)c1. The van der Waals surface area contributed by atoms with Crippen molar-refractivity contribution in [2.45, 2.75) is 19.6 Å². The van der Waals surface area contributed by atoms with Crippen molar-refractivity contribution >= 4 is 5.97 Å². The van der Waals surface area contributed by atoms with E-state index in [1.54, 1.807) is 39.3 Å². The third-order valence-corrected chi connectivity index (χ3v) is 2.43. The van der Waals surface area contributed by atoms with Crippen LogP contribution in [0.3, 0.4) is 0 Å². The Hall–Kier alpha value is -1.59. The van der Waals surface area contributed by atoms with Gasteiger partial charge in [0.2, 0.25) is 0 Å². The van der Waals surface area contributed by atoms with Gasteiger partial charge in [0, 0.05) is 12.7 Å². The zero-order valence-electron chi connectivity index (χ0n) is 10.8. The van der Waals surface area contributed by atoms with E-state index in [1.165, 1.54) is 0 Å². The molecule has 1 aromatic rings. The summed E-state index contributed by atoms with van der Waals surface area (Å²) in [4.78, 5) is 11.4. The lowest BCUT2D eigenvalue weighted by Gasteiger charge is -2.13. The van der Waals surface area contributed by atoms with Gasteiger partial charge in [0.05, 0.1) is 20.3 Å². The predicted molar refractivity (Wildman–Crippen MR) is 65.3 cm³/mol. The van der Waals surface area contributed by atoms with E-state index in [-0.39, 0.29) is 6.61 Å². The molecule has 0 spiro atoms. The zero-order valence-corrected chi connectivity index (χ0v) is 10.8. The van der Waals surface area contributed by atoms with Crippen molar-refractivity contribution in [1.82, 2.24) is 0 Å². The van der Waals surface area contributed by atoms with Crippen LogP contribution in [-0.2, 0) is 20.9 Å². The zero-order chi connectivity index (χ0) is 13.5. The lowest BCUT2D eigenvalue weighted by Crippen LogP contribution is -2.15. The largest absolute Gasteiger partial charge is 0.496 e. The Labute approximate surface area is 106 Å². The minimum atomic E-state index is -1.29. The quantitative estimate of drug-likeness (QED) is 0.778. The molecule has 0 radical (unpaired) electrons. The van der Waals surface area contributed by atoms with Crippen LogP contribution in [0.1, 0.15) is 24.2 Å². The van der Waals surface area contributed by atoms with Gasteiger partial charge in [-0.25, -0.2) is 4.79 Å². The van der Waals surface area contributed by atoms with Crippen molar-refractivity contribution in [2.24, 2.45) is 0 Å². The highest BCUT2D eigenvalue weighted by molar-refractivity contribution is 5.76. The molecule has 5 nitrogen and oxygen atoms in total. The van der Waals surface area contributed by atoms with Gasteiger partial charge in [0.25, 0.3) is 0 Å². The lowest BCUT2D eigenvalue weighted by atomic mass is 10.1. The first-order valence-electron chi connectivity index (χ1n) is 5.64. The van der Waals surface area contributed by atoms with E-state index >= 15 is 0 Å². The molecule has 1 unspecified atom stereocenters. The Morgan fingerprint density at radius 2 is 2.11 bits per heavy atom. The number of hydrogen-bond donors (Lipinski definition) is 1. The maximum atomic E-state index is 11.4. The Bertz CT molecular complexity index is 402. The molecule has 0 aromatic heterocycles. The first-order valence-corrected chi connectivity index (χ1v) is 5.64. The number of aliphatic hydroxyl groups excluding tert-OH is 1. The van der Waals surface area contributed by atoms with Crippen LogP contribution in [0.4, 0.5) is 0 Å². The van der Waals surface area contributed by atoms with Crippen molar-refractivity contribution in [3.05, 3.63) is 29.3 Å². The smallest absolute Gasteiger partial charge is 0.339 e. The second kappa shape index (κ2) is 6.98. The minimum Gasteiger partial charge on any atom is -0.496 e. The molecule has 5 heteroatoms. The molecule has 1 N–H and O–H groups in total. The normalized spacial score (nSPS) is 12.0. The molecule has 100 valence electrons. The molecule has 1 atom stereocenters. The van der Waals surface area contributed by atoms with Crippen molar-refractivity contribution in [3.8, 4) is 5.75 Å². The molecule has 0 saturated carbocycles. The molecule has 1 aromatic carbocycles. The maximum Gasteiger partial charge on any atom is 0.339 e. The number of hydrogen-bond acceptors (Lipinski definition) is 5. The molecule has 0 aliphatic heterocycles. The fourth-order valence-electron chi connectivity index (χ4n) is 1.59. The van der Waals surface area contributed by atoms with Crippen molar-refractivity contribution < 1.29 is 24.1 Å². The molecule has 18 heavy (non-hydrogen) atoms. The van der Waals surface area contributed by atoms with Crippen LogP contribution in [0, 0.1) is 0 Å². The van der Waals surface area contributed by atoms with Crippen molar-refractivity contribution in [3.63, 3.8) is 0 Å². The molecule has 0 fully saturated rings. The number of benzene rings is 1. The summed E-state index contributed by atoms with van der Waals surface area (Å²) in [7, 11) is 3.11. The van der Waals surface area contributed by atoms with Gasteiger partial charge in [-0.1, -0.05) is 6.07 Å². The maximum absolute atomic E-state index is 11.4. The van der Waals surface area contributed by atoms with Crippen LogP contribution in [0.5, 0.6) is 5.75 Å². The molecular weight excluding hydrogens is 236 g/mol. The Morgan fingerprint density at radius 1 is 1.39 bits per heavy atom. The molecule has 0 amide bonds. The van der Waals surface area contributed by atoms with Gasteiger partial charge in [0.1, 0.15) is 5.75 Å². The van der Waals surface area contributed by atoms with E-state index in [9.17, 15) is 9.90 Å². The van der Waals surface area contributed by atoms with Crippen LogP contribution in [0.2, 0.25) is 0 Å². The fourth-order valence-corrected chi connectivity index (χ4v) is 1.59. The number of methoxy groups -OCH3 is 2. The number of carbonyl (C=O) groups excluding carboxylic acids is 1. The fraction of sp³-hybridized carbons (Fsp3) is 0.462. The lowest BCUT2D eigenvalue weighted by molar-refractivity contribution is -0.153. The molecule has 0 saturated heterocycles. The van der Waals surface area contributed by atoms with Gasteiger partial charge in [-0.2, -0.15) is 0 Å². The third-order valence-electron chi connectivity index (χ3n) is 2.43. The summed E-state index contributed by atoms with van der Waals surface area (Å²) in [5.74, 6) is -0.0114. The summed E-state index contributed by atoms with van der Waals surface area (Å²) in [5.41, 5.74) is 1.22. The molecule has 0 bridgehead atoms. The average Bonchev–Trinajstić information content (AvgIpc) is 2.38. The topological polar surface area (TPSA) is 65.0 Å². The van der Waals surface area contributed by atoms with Gasteiger partial charge in [0.15, 0.2) is 6.10 Å². The van der Waals surface area contributed by atoms with E-state index in [2.05, 4.69) is 0 Å². The summed E-state index contributed by atoms with van der Waals surface area (Å²) >= 11 is 0. The van der Waals surface area contributed by atoms with Gasteiger partial charge >= 0.3 is 5.97 Å². The van der Waals surface area contributed by atoms with E-state index in [4.69, 9.17) is 14.2 Å². The molecular formula is C13H18O5. The van der Waals surface area contributed by atoms with E-state index < -0.39 is 12.1 Å². The van der Waals surface area contributed by atoms with Crippen molar-refractivity contribution in [1.29, 1.82) is 0 Å². The Balaban J connectivity index is 2.96. The molecule has 0 aliphatic carbocycles. The summed E-state index contributed by atoms with van der Waals surface area (Å²) in [5, 5.41) is 9.82. The number of ether oxygens (including phenoxy) is 3. The standard InChI is InChI=1S/C13H18O5/c1-4-18-13(15)12(14)9-5-6-11(17-3)10(7-9)8-16-2/h5-7,12,14H,4,8H2,1-3H3. The highest BCUT2D eigenvalue weighted by Crippen LogP contribution is 2.24. The van der Waals surface area contributed by atoms with E-state index in [0.717, 1.165) is 5.56 Å². The predicted octanol–water partition coefficient (Wildman–Crippen LogP) is 1.44. The number of carbonyl (C=O) groups is 1. The van der Waals surface area contributed by atoms with Crippen LogP contribution >= 0.6 is 0 Å². The first kappa shape index (κ1) is 14.5. The van der Waals surface area contributed by atoms with Gasteiger partial charge in [-0.3, -0.25) is 0 Å².